The molecule has 1 heterocycles. The molecule has 1 rings (SSSR count). The molecule has 0 N–H and O–H groups in total. The Hall–Kier alpha value is -1.62. The molecule has 0 fully saturated rings. The molecule has 5 nitrogen and oxygen atoms in total. The molecule has 0 aromatic carbocycles. The molecule has 0 bridgehead atoms. The molecule has 18 heavy (non-hydrogen) atoms. The van der Waals surface area contributed by atoms with Crippen molar-refractivity contribution in [2.75, 3.05) is 20.2 Å². The minimum Gasteiger partial charge on any atom is -0.377 e. The normalized spacial score (nSPS) is 10.7. The maximum atomic E-state index is 12.0. The van der Waals surface area contributed by atoms with Crippen LogP contribution in [0.3, 0.4) is 0 Å². The van der Waals surface area contributed by atoms with Crippen LogP contribution in [0.1, 0.15) is 24.2 Å². The van der Waals surface area contributed by atoms with E-state index < -0.39 is 0 Å². The van der Waals surface area contributed by atoms with Crippen LogP contribution in [0.4, 0.5) is 0 Å². The highest BCUT2D eigenvalue weighted by Gasteiger charge is 2.12. The van der Waals surface area contributed by atoms with E-state index in [9.17, 15) is 9.59 Å². The van der Waals surface area contributed by atoms with Crippen LogP contribution >= 0.6 is 0 Å². The minimum atomic E-state index is -0.187. The van der Waals surface area contributed by atoms with Gasteiger partial charge in [0.25, 0.3) is 11.5 Å². The van der Waals surface area contributed by atoms with Gasteiger partial charge in [0.2, 0.25) is 0 Å². The molecule has 0 aliphatic rings. The highest BCUT2D eigenvalue weighted by molar-refractivity contribution is 5.93. The smallest absolute Gasteiger partial charge is 0.253 e. The fourth-order valence-electron chi connectivity index (χ4n) is 1.43. The topological polar surface area (TPSA) is 51.5 Å². The molecule has 0 aliphatic carbocycles. The SMILES string of the molecule is CC(C)OCCN(C)C(=O)c1ccn(C)c(=O)c1. The molecule has 0 atom stereocenters. The van der Waals surface area contributed by atoms with Gasteiger partial charge in [0.05, 0.1) is 12.7 Å². The zero-order valence-electron chi connectivity index (χ0n) is 11.3. The fourth-order valence-corrected chi connectivity index (χ4v) is 1.43. The van der Waals surface area contributed by atoms with Crippen molar-refractivity contribution in [1.29, 1.82) is 0 Å². The van der Waals surface area contributed by atoms with E-state index >= 15 is 0 Å². The van der Waals surface area contributed by atoms with Crippen molar-refractivity contribution < 1.29 is 9.53 Å². The van der Waals surface area contributed by atoms with E-state index in [2.05, 4.69) is 0 Å². The van der Waals surface area contributed by atoms with Crippen LogP contribution in [0.2, 0.25) is 0 Å². The Morgan fingerprint density at radius 1 is 1.50 bits per heavy atom. The molecular weight excluding hydrogens is 232 g/mol. The quantitative estimate of drug-likeness (QED) is 0.781. The third-order valence-electron chi connectivity index (χ3n) is 2.58. The first-order chi connectivity index (χ1) is 8.41. The third kappa shape index (κ3) is 4.00. The number of ether oxygens (including phenoxy) is 1. The van der Waals surface area contributed by atoms with Crippen molar-refractivity contribution in [3.8, 4) is 0 Å². The number of carbonyl (C=O) groups excluding carboxylic acids is 1. The van der Waals surface area contributed by atoms with Gasteiger partial charge in [-0.2, -0.15) is 0 Å². The summed E-state index contributed by atoms with van der Waals surface area (Å²) in [4.78, 5) is 25.0. The van der Waals surface area contributed by atoms with Crippen molar-refractivity contribution >= 4 is 5.91 Å². The second kappa shape index (κ2) is 6.35. The maximum absolute atomic E-state index is 12.0. The molecule has 1 aromatic rings. The number of carbonyl (C=O) groups is 1. The number of hydrogen-bond donors (Lipinski definition) is 0. The molecule has 0 saturated heterocycles. The Bertz CT molecular complexity index is 466. The first-order valence-electron chi connectivity index (χ1n) is 5.95. The Morgan fingerprint density at radius 3 is 2.72 bits per heavy atom. The zero-order valence-corrected chi connectivity index (χ0v) is 11.3. The summed E-state index contributed by atoms with van der Waals surface area (Å²) < 4.78 is 6.81. The Balaban J connectivity index is 2.63. The van der Waals surface area contributed by atoms with Crippen molar-refractivity contribution in [2.45, 2.75) is 20.0 Å². The number of rotatable bonds is 5. The second-order valence-electron chi connectivity index (χ2n) is 4.51. The average molecular weight is 252 g/mol. The highest BCUT2D eigenvalue weighted by atomic mass is 16.5. The van der Waals surface area contributed by atoms with Gasteiger partial charge >= 0.3 is 0 Å². The van der Waals surface area contributed by atoms with E-state index in [1.54, 1.807) is 31.3 Å². The molecule has 1 amide bonds. The minimum absolute atomic E-state index is 0.150. The summed E-state index contributed by atoms with van der Waals surface area (Å²) in [6.07, 6.45) is 1.74. The summed E-state index contributed by atoms with van der Waals surface area (Å²) in [7, 11) is 3.35. The van der Waals surface area contributed by atoms with Gasteiger partial charge in [0.15, 0.2) is 0 Å². The van der Waals surface area contributed by atoms with Crippen molar-refractivity contribution in [1.82, 2.24) is 9.47 Å². The first-order valence-corrected chi connectivity index (χ1v) is 5.95. The van der Waals surface area contributed by atoms with E-state index in [4.69, 9.17) is 4.74 Å². The van der Waals surface area contributed by atoms with Crippen molar-refractivity contribution in [2.24, 2.45) is 7.05 Å². The monoisotopic (exact) mass is 252 g/mol. The second-order valence-corrected chi connectivity index (χ2v) is 4.51. The van der Waals surface area contributed by atoms with Gasteiger partial charge in [-0.25, -0.2) is 0 Å². The van der Waals surface area contributed by atoms with Crippen LogP contribution in [0.15, 0.2) is 23.1 Å². The van der Waals surface area contributed by atoms with Gasteiger partial charge in [0, 0.05) is 38.5 Å². The van der Waals surface area contributed by atoms with Gasteiger partial charge < -0.3 is 14.2 Å². The first kappa shape index (κ1) is 14.4. The standard InChI is InChI=1S/C13H20N2O3/c1-10(2)18-8-7-15(4)13(17)11-5-6-14(3)12(16)9-11/h5-6,9-10H,7-8H2,1-4H3. The lowest BCUT2D eigenvalue weighted by molar-refractivity contribution is 0.0532. The lowest BCUT2D eigenvalue weighted by atomic mass is 10.2. The van der Waals surface area contributed by atoms with Crippen LogP contribution in [0, 0.1) is 0 Å². The fraction of sp³-hybridized carbons (Fsp3) is 0.538. The number of pyridine rings is 1. The molecular formula is C13H20N2O3. The van der Waals surface area contributed by atoms with Crippen LogP contribution in [0.25, 0.3) is 0 Å². The molecule has 5 heteroatoms. The Labute approximate surface area is 107 Å². The third-order valence-corrected chi connectivity index (χ3v) is 2.58. The highest BCUT2D eigenvalue weighted by Crippen LogP contribution is 2.00. The number of aromatic nitrogens is 1. The van der Waals surface area contributed by atoms with Crippen LogP contribution in [-0.4, -0.2) is 41.7 Å². The number of likely N-dealkylation sites (N-methyl/N-ethyl adjacent to an activating group) is 1. The lowest BCUT2D eigenvalue weighted by Crippen LogP contribution is -2.31. The number of amides is 1. The predicted molar refractivity (Wildman–Crippen MR) is 69.7 cm³/mol. The van der Waals surface area contributed by atoms with Gasteiger partial charge in [-0.05, 0) is 19.9 Å². The van der Waals surface area contributed by atoms with Crippen LogP contribution in [0.5, 0.6) is 0 Å². The molecule has 0 unspecified atom stereocenters. The van der Waals surface area contributed by atoms with Crippen molar-refractivity contribution in [3.63, 3.8) is 0 Å². The van der Waals surface area contributed by atoms with Crippen LogP contribution in [-0.2, 0) is 11.8 Å². The van der Waals surface area contributed by atoms with E-state index in [0.29, 0.717) is 18.7 Å². The number of aryl methyl sites for hydroxylation is 1. The summed E-state index contributed by atoms with van der Waals surface area (Å²) in [5.41, 5.74) is 0.220. The molecule has 0 radical (unpaired) electrons. The van der Waals surface area contributed by atoms with Gasteiger partial charge in [-0.3, -0.25) is 9.59 Å². The van der Waals surface area contributed by atoms with Gasteiger partial charge in [0.1, 0.15) is 0 Å². The van der Waals surface area contributed by atoms with Gasteiger partial charge in [-0.15, -0.1) is 0 Å². The van der Waals surface area contributed by atoms with Crippen LogP contribution < -0.4 is 5.56 Å². The predicted octanol–water partition coefficient (Wildman–Crippen LogP) is 0.882. The summed E-state index contributed by atoms with van der Waals surface area (Å²) in [5.74, 6) is -0.167. The maximum Gasteiger partial charge on any atom is 0.253 e. The van der Waals surface area contributed by atoms with Crippen molar-refractivity contribution in [3.05, 3.63) is 34.2 Å². The zero-order chi connectivity index (χ0) is 13.7. The molecule has 0 spiro atoms. The summed E-state index contributed by atoms with van der Waals surface area (Å²) in [6, 6.07) is 2.99. The van der Waals surface area contributed by atoms with E-state index in [0.717, 1.165) is 0 Å². The summed E-state index contributed by atoms with van der Waals surface area (Å²) >= 11 is 0. The molecule has 0 saturated carbocycles. The van der Waals surface area contributed by atoms with E-state index in [1.165, 1.54) is 10.6 Å². The summed E-state index contributed by atoms with van der Waals surface area (Å²) in [5, 5.41) is 0. The number of nitrogens with zero attached hydrogens (tertiary/aromatic N) is 2. The Morgan fingerprint density at radius 2 is 2.17 bits per heavy atom. The van der Waals surface area contributed by atoms with Gasteiger partial charge in [-0.1, -0.05) is 0 Å². The largest absolute Gasteiger partial charge is 0.377 e. The van der Waals surface area contributed by atoms with E-state index in [1.807, 2.05) is 13.8 Å². The Kier molecular flexibility index (Phi) is 5.09. The lowest BCUT2D eigenvalue weighted by Gasteiger charge is -2.18. The average Bonchev–Trinajstić information content (AvgIpc) is 2.31. The molecule has 100 valence electrons. The number of hydrogen-bond acceptors (Lipinski definition) is 3. The molecule has 1 aromatic heterocycles. The molecule has 0 aliphatic heterocycles. The summed E-state index contributed by atoms with van der Waals surface area (Å²) in [6.45, 7) is 4.89. The van der Waals surface area contributed by atoms with E-state index in [-0.39, 0.29) is 17.6 Å².